The Kier molecular flexibility index (Phi) is 2.25. The molecule has 0 unspecified atom stereocenters. The monoisotopic (exact) mass is 154 g/mol. The average molecular weight is 154 g/mol. The van der Waals surface area contributed by atoms with Crippen LogP contribution < -0.4 is 4.74 Å². The van der Waals surface area contributed by atoms with Crippen molar-refractivity contribution in [3.63, 3.8) is 0 Å². The number of aryl methyl sites for hydroxylation is 1. The smallest absolute Gasteiger partial charge is 0.233 e. The van der Waals surface area contributed by atoms with Crippen LogP contribution in [0.25, 0.3) is 0 Å². The lowest BCUT2D eigenvalue weighted by molar-refractivity contribution is 0.111. The lowest BCUT2D eigenvalue weighted by Gasteiger charge is -1.93. The van der Waals surface area contributed by atoms with Crippen molar-refractivity contribution < 1.29 is 9.53 Å². The highest BCUT2D eigenvalue weighted by molar-refractivity contribution is 5.72. The van der Waals surface area contributed by atoms with Crippen LogP contribution in [-0.4, -0.2) is 22.7 Å². The molecule has 0 amide bonds. The third kappa shape index (κ3) is 1.58. The molecule has 0 aliphatic rings. The number of ether oxygens (including phenoxy) is 1. The Hall–Kier alpha value is -1.32. The normalized spacial score (nSPS) is 9.64. The van der Waals surface area contributed by atoms with Crippen LogP contribution in [0.1, 0.15) is 17.4 Å². The van der Waals surface area contributed by atoms with Crippen LogP contribution in [0.15, 0.2) is 6.07 Å². The second-order valence-electron chi connectivity index (χ2n) is 2.08. The first-order valence-electron chi connectivity index (χ1n) is 3.40. The molecule has 4 heteroatoms. The molecule has 0 saturated carbocycles. The Labute approximate surface area is 64.8 Å². The van der Waals surface area contributed by atoms with E-state index in [0.717, 1.165) is 6.29 Å². The predicted octanol–water partition coefficient (Wildman–Crippen LogP) is 0.631. The Morgan fingerprint density at radius 2 is 2.55 bits per heavy atom. The molecule has 1 heterocycles. The molecule has 1 rings (SSSR count). The van der Waals surface area contributed by atoms with Gasteiger partial charge in [0.15, 0.2) is 6.29 Å². The predicted molar refractivity (Wildman–Crippen MR) is 39.8 cm³/mol. The van der Waals surface area contributed by atoms with Crippen molar-refractivity contribution >= 4 is 6.29 Å². The Morgan fingerprint density at radius 3 is 3.00 bits per heavy atom. The molecule has 0 bridgehead atoms. The van der Waals surface area contributed by atoms with E-state index in [-0.39, 0.29) is 0 Å². The van der Waals surface area contributed by atoms with Gasteiger partial charge >= 0.3 is 0 Å². The molecule has 11 heavy (non-hydrogen) atoms. The summed E-state index contributed by atoms with van der Waals surface area (Å²) in [6.45, 7) is 2.44. The van der Waals surface area contributed by atoms with Crippen LogP contribution in [0, 0.1) is 0 Å². The third-order valence-corrected chi connectivity index (χ3v) is 1.31. The summed E-state index contributed by atoms with van der Waals surface area (Å²) < 4.78 is 6.56. The number of hydrogen-bond acceptors (Lipinski definition) is 3. The summed E-state index contributed by atoms with van der Waals surface area (Å²) >= 11 is 0. The van der Waals surface area contributed by atoms with Crippen molar-refractivity contribution in [2.24, 2.45) is 7.05 Å². The zero-order valence-corrected chi connectivity index (χ0v) is 6.57. The van der Waals surface area contributed by atoms with Gasteiger partial charge in [-0.15, -0.1) is 5.10 Å². The van der Waals surface area contributed by atoms with Gasteiger partial charge < -0.3 is 4.74 Å². The Balaban J connectivity index is 2.86. The van der Waals surface area contributed by atoms with E-state index >= 15 is 0 Å². The summed E-state index contributed by atoms with van der Waals surface area (Å²) in [5, 5.41) is 3.93. The molecular weight excluding hydrogens is 144 g/mol. The summed E-state index contributed by atoms with van der Waals surface area (Å²) in [5.41, 5.74) is 0.522. The van der Waals surface area contributed by atoms with Gasteiger partial charge in [-0.1, -0.05) is 0 Å². The van der Waals surface area contributed by atoms with Crippen molar-refractivity contribution in [1.82, 2.24) is 9.78 Å². The first kappa shape index (κ1) is 7.78. The summed E-state index contributed by atoms with van der Waals surface area (Å²) in [4.78, 5) is 10.3. The maximum absolute atomic E-state index is 10.3. The summed E-state index contributed by atoms with van der Waals surface area (Å²) in [5.74, 6) is 0.497. The minimum atomic E-state index is 0.497. The molecule has 0 saturated heterocycles. The van der Waals surface area contributed by atoms with Crippen LogP contribution in [-0.2, 0) is 7.05 Å². The van der Waals surface area contributed by atoms with Gasteiger partial charge in [0.25, 0.3) is 0 Å². The number of hydrogen-bond donors (Lipinski definition) is 0. The number of aldehydes is 1. The minimum absolute atomic E-state index is 0.497. The summed E-state index contributed by atoms with van der Waals surface area (Å²) in [6, 6.07) is 1.61. The third-order valence-electron chi connectivity index (χ3n) is 1.31. The number of rotatable bonds is 3. The molecule has 0 spiro atoms. The largest absolute Gasteiger partial charge is 0.477 e. The van der Waals surface area contributed by atoms with Gasteiger partial charge in [0.1, 0.15) is 5.69 Å². The lowest BCUT2D eigenvalue weighted by Crippen LogP contribution is -1.96. The molecule has 0 aromatic carbocycles. The minimum Gasteiger partial charge on any atom is -0.477 e. The SMILES string of the molecule is CCOc1cc(C=O)n(C)n1. The number of aromatic nitrogens is 2. The zero-order valence-electron chi connectivity index (χ0n) is 6.57. The molecule has 1 aromatic heterocycles. The van der Waals surface area contributed by atoms with Crippen LogP contribution in [0.4, 0.5) is 0 Å². The van der Waals surface area contributed by atoms with Gasteiger partial charge in [0.05, 0.1) is 6.61 Å². The molecule has 1 aromatic rings. The Bertz CT molecular complexity index is 255. The molecule has 0 fully saturated rings. The highest BCUT2D eigenvalue weighted by Gasteiger charge is 2.02. The summed E-state index contributed by atoms with van der Waals surface area (Å²) in [6.07, 6.45) is 0.746. The first-order chi connectivity index (χ1) is 5.27. The standard InChI is InChI=1S/C7H10N2O2/c1-3-11-7-4-6(5-10)9(2)8-7/h4-5H,3H2,1-2H3. The Morgan fingerprint density at radius 1 is 1.82 bits per heavy atom. The number of nitrogens with zero attached hydrogens (tertiary/aromatic N) is 2. The maximum Gasteiger partial charge on any atom is 0.233 e. The lowest BCUT2D eigenvalue weighted by atomic mass is 10.5. The quantitative estimate of drug-likeness (QED) is 0.600. The molecular formula is C7H10N2O2. The topological polar surface area (TPSA) is 44.1 Å². The van der Waals surface area contributed by atoms with Crippen molar-refractivity contribution in [2.45, 2.75) is 6.92 Å². The fourth-order valence-electron chi connectivity index (χ4n) is 0.783. The van der Waals surface area contributed by atoms with E-state index in [2.05, 4.69) is 5.10 Å². The molecule has 0 radical (unpaired) electrons. The van der Waals surface area contributed by atoms with Gasteiger partial charge in [0.2, 0.25) is 5.88 Å². The average Bonchev–Trinajstić information content (AvgIpc) is 2.32. The van der Waals surface area contributed by atoms with E-state index in [1.165, 1.54) is 4.68 Å². The highest BCUT2D eigenvalue weighted by atomic mass is 16.5. The van der Waals surface area contributed by atoms with E-state index < -0.39 is 0 Å². The van der Waals surface area contributed by atoms with Crippen molar-refractivity contribution in [3.05, 3.63) is 11.8 Å². The number of carbonyl (C=O) groups excluding carboxylic acids is 1. The number of carbonyl (C=O) groups is 1. The van der Waals surface area contributed by atoms with E-state index in [1.54, 1.807) is 13.1 Å². The van der Waals surface area contributed by atoms with Gasteiger partial charge in [-0.25, -0.2) is 0 Å². The highest BCUT2D eigenvalue weighted by Crippen LogP contribution is 2.08. The maximum atomic E-state index is 10.3. The molecule has 60 valence electrons. The fourth-order valence-corrected chi connectivity index (χ4v) is 0.783. The van der Waals surface area contributed by atoms with Crippen molar-refractivity contribution in [1.29, 1.82) is 0 Å². The van der Waals surface area contributed by atoms with Crippen molar-refractivity contribution in [2.75, 3.05) is 6.61 Å². The van der Waals surface area contributed by atoms with Gasteiger partial charge in [-0.2, -0.15) is 0 Å². The van der Waals surface area contributed by atoms with Gasteiger partial charge in [-0.05, 0) is 6.92 Å². The molecule has 4 nitrogen and oxygen atoms in total. The van der Waals surface area contributed by atoms with Gasteiger partial charge in [-0.3, -0.25) is 9.48 Å². The summed E-state index contributed by atoms with van der Waals surface area (Å²) in [7, 11) is 1.70. The zero-order chi connectivity index (χ0) is 8.27. The van der Waals surface area contributed by atoms with E-state index in [4.69, 9.17) is 4.74 Å². The van der Waals surface area contributed by atoms with Crippen LogP contribution in [0.2, 0.25) is 0 Å². The van der Waals surface area contributed by atoms with Crippen LogP contribution in [0.3, 0.4) is 0 Å². The van der Waals surface area contributed by atoms with Gasteiger partial charge in [0, 0.05) is 13.1 Å². The van der Waals surface area contributed by atoms with E-state index in [1.807, 2.05) is 6.92 Å². The van der Waals surface area contributed by atoms with Crippen LogP contribution >= 0.6 is 0 Å². The second-order valence-corrected chi connectivity index (χ2v) is 2.08. The van der Waals surface area contributed by atoms with Crippen molar-refractivity contribution in [3.8, 4) is 5.88 Å². The molecule has 0 N–H and O–H groups in total. The van der Waals surface area contributed by atoms with E-state index in [0.29, 0.717) is 18.2 Å². The molecule has 0 aliphatic heterocycles. The second kappa shape index (κ2) is 3.18. The van der Waals surface area contributed by atoms with Crippen LogP contribution in [0.5, 0.6) is 5.88 Å². The molecule has 0 aliphatic carbocycles. The van der Waals surface area contributed by atoms with E-state index in [9.17, 15) is 4.79 Å². The molecule has 0 atom stereocenters. The first-order valence-corrected chi connectivity index (χ1v) is 3.40. The fraction of sp³-hybridized carbons (Fsp3) is 0.429.